The molecule has 8 unspecified atom stereocenters. The number of aryl methyl sites for hydroxylation is 3. The predicted octanol–water partition coefficient (Wildman–Crippen LogP) is 7.59. The van der Waals surface area contributed by atoms with E-state index in [1.54, 1.807) is 64.2 Å². The number of fused-ring (bicyclic) bond motifs is 4. The predicted molar refractivity (Wildman–Crippen MR) is 494 cm³/mol. The number of imidazole rings is 4. The first kappa shape index (κ1) is 105. The number of sulfone groups is 1. The van der Waals surface area contributed by atoms with Crippen LogP contribution in [0.25, 0.3) is 44.7 Å². The van der Waals surface area contributed by atoms with Gasteiger partial charge in [-0.3, -0.25) is 76.6 Å². The standard InChI is InChI=1S/C20H26ClN6O5P.C20H27N6O7PS.2C20H27N6O5P/c1-12-4-5-15(8-16(12)21)9-32-33(30,26-13(2)14(3)28)11-31-7-6-27-10-23-17-18(27)24-20(22)25-19(17)29;1-13(14(2)27)25-34(29,33-10-15-4-6-16(7-5-15)35(3,30)31)12-32-9-8-26-11-22-17-18(26)23-20(21)24-19(17)28;2*1-13-4-6-16(7-5-13)10-31-32(29,25-14(2)15(3)27)12-30-9-8-26-11-22-17-18(26)23-20(21)24-19(17)28/h4-5,8,10,13H,6-7,9,11H2,1-3H3,(H,26,30)(H3,22,24,25,29);4-7,11,13H,8-10,12H2,1-3H3,(H,25,29)(H3,21,23,24,28);2*4-7,11,14H,8-10,12H2,1-3H3,(H,25,29)(H3,21,23,24,28). The molecule has 16 N–H and O–H groups in total. The van der Waals surface area contributed by atoms with Crippen LogP contribution in [-0.4, -0.2) is 192 Å². The minimum Gasteiger partial charge on any atom is -0.369 e. The van der Waals surface area contributed by atoms with E-state index in [-0.39, 0.29) is 171 Å². The number of carbonyl (C=O) groups excluding carboxylic acids is 4. The van der Waals surface area contributed by atoms with Gasteiger partial charge >= 0.3 is 0 Å². The largest absolute Gasteiger partial charge is 0.369 e. The van der Waals surface area contributed by atoms with E-state index >= 15 is 0 Å². The van der Waals surface area contributed by atoms with E-state index in [9.17, 15) is 65.0 Å². The molecule has 132 heavy (non-hydrogen) atoms. The van der Waals surface area contributed by atoms with Crippen molar-refractivity contribution in [3.8, 4) is 0 Å². The molecule has 8 aromatic heterocycles. The molecule has 0 spiro atoms. The number of nitrogen functional groups attached to an aromatic ring is 4. The van der Waals surface area contributed by atoms with Crippen LogP contribution in [0.15, 0.2) is 140 Å². The molecular weight excluding hydrogens is 1840 g/mol. The second kappa shape index (κ2) is 47.5. The Morgan fingerprint density at radius 3 is 0.871 bits per heavy atom. The molecule has 0 radical (unpaired) electrons. The fraction of sp³-hybridized carbons (Fsp3) is 0.400. The Kier molecular flexibility index (Phi) is 37.6. The van der Waals surface area contributed by atoms with E-state index in [2.05, 4.69) is 80.2 Å². The lowest BCUT2D eigenvalue weighted by atomic mass is 10.2. The Balaban J connectivity index is 0.000000198. The highest BCUT2D eigenvalue weighted by Crippen LogP contribution is 2.47. The summed E-state index contributed by atoms with van der Waals surface area (Å²) in [5.74, 6) is -0.836. The van der Waals surface area contributed by atoms with Gasteiger partial charge in [-0.15, -0.1) is 0 Å². The SMILES string of the molecule is CC(=O)C(C)NP(=O)(COCCn1cnc2c(=O)[nH]c(N)nc21)OCc1ccc(C)c(Cl)c1.CC(=O)C(C)NP(=O)(COCCn1cnc2c(=O)[nH]c(N)nc21)OCc1ccc(C)cc1.CC(=O)C(C)NP(=O)(COCCn1cnc2c(=O)[nH]c(N)nc21)OCc1ccc(C)cc1.CC(=O)C(C)NP(=O)(COCCn1cnc2c(=O)[nH]c(N)nc21)OCc1ccc(S(C)(=O)=O)cc1. The normalized spacial score (nSPS) is 14.4. The van der Waals surface area contributed by atoms with E-state index in [0.29, 0.717) is 40.6 Å². The zero-order valence-electron chi connectivity index (χ0n) is 74.3. The topological polar surface area (TPSA) is 651 Å². The third kappa shape index (κ3) is 31.2. The van der Waals surface area contributed by atoms with Gasteiger partial charge in [-0.25, -0.2) is 48.7 Å². The number of halogens is 1. The summed E-state index contributed by atoms with van der Waals surface area (Å²) in [4.78, 5) is 136. The monoisotopic (exact) mass is 1950 g/mol. The maximum absolute atomic E-state index is 13.4. The van der Waals surface area contributed by atoms with Crippen LogP contribution in [0.4, 0.5) is 23.8 Å². The van der Waals surface area contributed by atoms with E-state index in [0.717, 1.165) is 39.6 Å². The summed E-state index contributed by atoms with van der Waals surface area (Å²) in [7, 11) is -17.5. The number of aromatic amines is 4. The van der Waals surface area contributed by atoms with Crippen molar-refractivity contribution in [3.63, 3.8) is 0 Å². The smallest absolute Gasteiger partial charge is 0.295 e. The summed E-state index contributed by atoms with van der Waals surface area (Å²) >= 11 is 6.15. The molecule has 52 heteroatoms. The van der Waals surface area contributed by atoms with Crippen LogP contribution < -0.4 is 65.5 Å². The number of aromatic nitrogens is 16. The molecule has 0 fully saturated rings. The van der Waals surface area contributed by atoms with E-state index in [1.807, 2.05) is 81.4 Å². The molecule has 8 heterocycles. The van der Waals surface area contributed by atoms with Gasteiger partial charge in [0, 0.05) is 37.5 Å². The molecule has 0 aliphatic rings. The van der Waals surface area contributed by atoms with Crippen molar-refractivity contribution in [2.75, 3.05) is 81.0 Å². The lowest BCUT2D eigenvalue weighted by Crippen LogP contribution is -2.32. The van der Waals surface area contributed by atoms with Crippen molar-refractivity contribution >= 4 is 143 Å². The van der Waals surface area contributed by atoms with Gasteiger partial charge in [-0.2, -0.15) is 19.9 Å². The number of carbonyl (C=O) groups is 4. The summed E-state index contributed by atoms with van der Waals surface area (Å²) in [6.45, 7) is 19.6. The Hall–Kier alpha value is -11.2. The highest BCUT2D eigenvalue weighted by atomic mass is 35.5. The number of rotatable bonds is 45. The van der Waals surface area contributed by atoms with Gasteiger partial charge in [0.25, 0.3) is 52.3 Å². The molecule has 0 saturated carbocycles. The van der Waals surface area contributed by atoms with Gasteiger partial charge in [0.1, 0.15) is 48.5 Å². The number of anilines is 4. The second-order valence-corrected chi connectivity index (χ2v) is 41.4. The summed E-state index contributed by atoms with van der Waals surface area (Å²) in [5, 5.41) is 11.6. The molecule has 4 aromatic carbocycles. The molecule has 0 amide bonds. The van der Waals surface area contributed by atoms with Crippen LogP contribution in [0.5, 0.6) is 0 Å². The fourth-order valence-corrected chi connectivity index (χ4v) is 19.3. The highest BCUT2D eigenvalue weighted by Gasteiger charge is 2.33. The van der Waals surface area contributed by atoms with Crippen LogP contribution in [0.1, 0.15) is 94.3 Å². The number of ether oxygens (including phenoxy) is 4. The number of nitrogens with two attached hydrogens (primary N) is 4. The molecule has 0 aliphatic heterocycles. The molecule has 46 nitrogen and oxygen atoms in total. The summed E-state index contributed by atoms with van der Waals surface area (Å²) < 4.78 is 128. The summed E-state index contributed by atoms with van der Waals surface area (Å²) in [5.41, 5.74) is 28.7. The van der Waals surface area contributed by atoms with Crippen LogP contribution in [0.3, 0.4) is 0 Å². The molecule has 0 bridgehead atoms. The maximum Gasteiger partial charge on any atom is 0.295 e. The Bertz CT molecular complexity index is 6440. The summed E-state index contributed by atoms with van der Waals surface area (Å²) in [6.07, 6.45) is 5.80. The van der Waals surface area contributed by atoms with Gasteiger partial charge in [0.2, 0.25) is 23.8 Å². The number of H-pyrrole nitrogens is 4. The quantitative estimate of drug-likeness (QED) is 0.0129. The fourth-order valence-electron chi connectivity index (χ4n) is 11.6. The molecule has 712 valence electrons. The third-order valence-electron chi connectivity index (χ3n) is 19.5. The van der Waals surface area contributed by atoms with Crippen molar-refractivity contribution in [1.29, 1.82) is 0 Å². The Morgan fingerprint density at radius 1 is 0.402 bits per heavy atom. The first-order valence-electron chi connectivity index (χ1n) is 40.6. The van der Waals surface area contributed by atoms with Crippen LogP contribution in [-0.2, 0) is 137 Å². The number of Topliss-reactive ketones (excluding diaryl/α,β-unsaturated/α-hetero) is 4. The molecule has 12 rings (SSSR count). The molecule has 0 aliphatic carbocycles. The lowest BCUT2D eigenvalue weighted by molar-refractivity contribution is -0.119. The lowest BCUT2D eigenvalue weighted by Gasteiger charge is -2.23. The molecule has 8 atom stereocenters. The van der Waals surface area contributed by atoms with Crippen LogP contribution in [0.2, 0.25) is 5.02 Å². The first-order valence-corrected chi connectivity index (χ1v) is 50.2. The average molecular weight is 1950 g/mol. The molecule has 0 saturated heterocycles. The van der Waals surface area contributed by atoms with Gasteiger partial charge < -0.3 is 78.2 Å². The Morgan fingerprint density at radius 2 is 0.636 bits per heavy atom. The van der Waals surface area contributed by atoms with E-state index in [1.165, 1.54) is 65.1 Å². The zero-order valence-corrected chi connectivity index (χ0v) is 79.5. The minimum absolute atomic E-state index is 0.0124. The first-order chi connectivity index (χ1) is 62.3. The number of benzene rings is 4. The number of hydrogen-bond donors (Lipinski definition) is 12. The van der Waals surface area contributed by atoms with Crippen LogP contribution in [0, 0.1) is 20.8 Å². The summed E-state index contributed by atoms with van der Waals surface area (Å²) in [6, 6.07) is 24.0. The van der Waals surface area contributed by atoms with Crippen molar-refractivity contribution in [2.45, 2.75) is 158 Å². The maximum atomic E-state index is 13.4. The van der Waals surface area contributed by atoms with E-state index < -0.39 is 86.3 Å². The third-order valence-corrected chi connectivity index (χ3v) is 28.4. The Labute approximate surface area is 760 Å². The van der Waals surface area contributed by atoms with Crippen LogP contribution >= 0.6 is 41.7 Å². The zero-order chi connectivity index (χ0) is 96.6. The highest BCUT2D eigenvalue weighted by molar-refractivity contribution is 7.90. The van der Waals surface area contributed by atoms with Crippen molar-refractivity contribution in [1.82, 2.24) is 98.4 Å². The number of ketones is 4. The van der Waals surface area contributed by atoms with Gasteiger partial charge in [-0.05, 0) is 122 Å². The van der Waals surface area contributed by atoms with Gasteiger partial charge in [0.15, 0.2) is 54.5 Å². The number of nitrogens with one attached hydrogen (secondary N) is 8. The number of nitrogens with zero attached hydrogens (tertiary/aromatic N) is 12. The second-order valence-electron chi connectivity index (χ2n) is 30.5. The molecular formula is C80H107ClN24O22P4S. The van der Waals surface area contributed by atoms with Crippen molar-refractivity contribution in [2.24, 2.45) is 0 Å². The number of hydrogen-bond acceptors (Lipinski definition) is 34. The average Bonchev–Trinajstić information content (AvgIpc) is 1.67. The minimum atomic E-state index is -3.64. The van der Waals surface area contributed by atoms with Crippen molar-refractivity contribution in [3.05, 3.63) is 202 Å². The van der Waals surface area contributed by atoms with E-state index in [4.69, 9.17) is 71.6 Å². The van der Waals surface area contributed by atoms with Gasteiger partial charge in [0.05, 0.1) is 107 Å². The molecule has 12 aromatic rings. The van der Waals surface area contributed by atoms with Crippen molar-refractivity contribution < 1.29 is 82.9 Å². The van der Waals surface area contributed by atoms with Gasteiger partial charge in [-0.1, -0.05) is 95.5 Å².